The third-order valence-electron chi connectivity index (χ3n) is 6.11. The van der Waals surface area contributed by atoms with E-state index in [-0.39, 0.29) is 0 Å². The van der Waals surface area contributed by atoms with E-state index in [1.54, 1.807) is 0 Å². The minimum Gasteiger partial charge on any atom is -0.369 e. The van der Waals surface area contributed by atoms with Crippen molar-refractivity contribution in [1.29, 1.82) is 0 Å². The third kappa shape index (κ3) is 8.92. The van der Waals surface area contributed by atoms with Gasteiger partial charge in [-0.1, -0.05) is 49.2 Å². The van der Waals surface area contributed by atoms with E-state index in [4.69, 9.17) is 11.6 Å². The molecule has 6 heteroatoms. The molecule has 0 bridgehead atoms. The molecule has 1 aliphatic rings. The fraction of sp³-hybridized carbons (Fsp3) is 0.345. The SMILES string of the molecule is CCCCc1ccc(NSc2ccc(C)c(C=O)c2)cc1.CN1CCN(c2cccc(Cl)c2)CC1. The first-order valence-corrected chi connectivity index (χ1v) is 13.4. The summed E-state index contributed by atoms with van der Waals surface area (Å²) in [6, 6.07) is 22.5. The van der Waals surface area contributed by atoms with Crippen LogP contribution in [0.2, 0.25) is 5.02 Å². The summed E-state index contributed by atoms with van der Waals surface area (Å²) >= 11 is 7.48. The number of halogens is 1. The molecule has 35 heavy (non-hydrogen) atoms. The van der Waals surface area contributed by atoms with Crippen molar-refractivity contribution >= 4 is 41.2 Å². The smallest absolute Gasteiger partial charge is 0.150 e. The quantitative estimate of drug-likeness (QED) is 0.253. The Balaban J connectivity index is 0.000000211. The average molecular weight is 510 g/mol. The van der Waals surface area contributed by atoms with Crippen LogP contribution in [-0.2, 0) is 6.42 Å². The van der Waals surface area contributed by atoms with Gasteiger partial charge in [-0.15, -0.1) is 0 Å². The maximum Gasteiger partial charge on any atom is 0.150 e. The minimum atomic E-state index is 0.747. The molecule has 4 nitrogen and oxygen atoms in total. The summed E-state index contributed by atoms with van der Waals surface area (Å²) < 4.78 is 3.32. The molecule has 0 unspecified atom stereocenters. The van der Waals surface area contributed by atoms with E-state index in [0.717, 1.165) is 65.6 Å². The molecule has 1 saturated heterocycles. The maximum absolute atomic E-state index is 10.9. The van der Waals surface area contributed by atoms with Crippen molar-refractivity contribution in [3.8, 4) is 0 Å². The molecule has 1 heterocycles. The van der Waals surface area contributed by atoms with Crippen LogP contribution in [-0.4, -0.2) is 44.4 Å². The van der Waals surface area contributed by atoms with Gasteiger partial charge in [0.2, 0.25) is 0 Å². The van der Waals surface area contributed by atoms with Crippen molar-refractivity contribution in [2.45, 2.75) is 38.0 Å². The Hall–Kier alpha value is -2.47. The second-order valence-electron chi connectivity index (χ2n) is 8.91. The van der Waals surface area contributed by atoms with Crippen LogP contribution >= 0.6 is 23.5 Å². The number of carbonyl (C=O) groups excluding carboxylic acids is 1. The molecule has 0 spiro atoms. The summed E-state index contributed by atoms with van der Waals surface area (Å²) in [7, 11) is 2.16. The highest BCUT2D eigenvalue weighted by atomic mass is 35.5. The summed E-state index contributed by atoms with van der Waals surface area (Å²) in [6.45, 7) is 8.61. The summed E-state index contributed by atoms with van der Waals surface area (Å²) in [4.78, 5) is 16.7. The topological polar surface area (TPSA) is 35.6 Å². The molecule has 1 fully saturated rings. The van der Waals surface area contributed by atoms with E-state index in [9.17, 15) is 4.79 Å². The van der Waals surface area contributed by atoms with Crippen LogP contribution in [0.3, 0.4) is 0 Å². The molecule has 0 aromatic heterocycles. The Morgan fingerprint density at radius 2 is 1.74 bits per heavy atom. The number of aryl methyl sites for hydroxylation is 2. The first kappa shape index (κ1) is 27.1. The molecular weight excluding hydrogens is 474 g/mol. The van der Waals surface area contributed by atoms with Crippen molar-refractivity contribution in [2.75, 3.05) is 42.8 Å². The second-order valence-corrected chi connectivity index (χ2v) is 10.2. The Morgan fingerprint density at radius 3 is 2.40 bits per heavy atom. The average Bonchev–Trinajstić information content (AvgIpc) is 2.88. The van der Waals surface area contributed by atoms with Gasteiger partial charge in [0.05, 0.1) is 0 Å². The Kier molecular flexibility index (Phi) is 11.0. The number of likely N-dealkylation sites (N-methyl/N-ethyl adjacent to an activating group) is 1. The molecule has 0 radical (unpaired) electrons. The normalized spacial score (nSPS) is 13.7. The lowest BCUT2D eigenvalue weighted by Gasteiger charge is -2.34. The van der Waals surface area contributed by atoms with E-state index in [2.05, 4.69) is 58.8 Å². The number of hydrogen-bond donors (Lipinski definition) is 1. The van der Waals surface area contributed by atoms with Crippen molar-refractivity contribution in [3.63, 3.8) is 0 Å². The molecular formula is C29H36ClN3OS. The Bertz CT molecular complexity index is 1070. The Morgan fingerprint density at radius 1 is 1.00 bits per heavy atom. The second kappa shape index (κ2) is 14.2. The minimum absolute atomic E-state index is 0.747. The molecule has 0 saturated carbocycles. The number of hydrogen-bond acceptors (Lipinski definition) is 5. The number of carbonyl (C=O) groups is 1. The van der Waals surface area contributed by atoms with Gasteiger partial charge in [-0.25, -0.2) is 0 Å². The zero-order valence-corrected chi connectivity index (χ0v) is 22.5. The lowest BCUT2D eigenvalue weighted by atomic mass is 10.1. The molecule has 3 aromatic rings. The van der Waals surface area contributed by atoms with Gasteiger partial charge in [0.25, 0.3) is 0 Å². The summed E-state index contributed by atoms with van der Waals surface area (Å²) in [5, 5.41) is 0.821. The predicted molar refractivity (Wildman–Crippen MR) is 152 cm³/mol. The number of unbranched alkanes of at least 4 members (excludes halogenated alkanes) is 1. The first-order valence-electron chi connectivity index (χ1n) is 12.2. The lowest BCUT2D eigenvalue weighted by molar-refractivity contribution is 0.112. The van der Waals surface area contributed by atoms with Crippen LogP contribution in [0, 0.1) is 6.92 Å². The Labute approximate surface area is 219 Å². The largest absolute Gasteiger partial charge is 0.369 e. The molecule has 1 N–H and O–H groups in total. The van der Waals surface area contributed by atoms with E-state index < -0.39 is 0 Å². The van der Waals surface area contributed by atoms with E-state index in [1.807, 2.05) is 43.3 Å². The molecule has 0 aliphatic carbocycles. The number of rotatable bonds is 8. The van der Waals surface area contributed by atoms with E-state index in [1.165, 1.54) is 36.0 Å². The van der Waals surface area contributed by atoms with Gasteiger partial charge < -0.3 is 14.5 Å². The molecule has 4 rings (SSSR count). The van der Waals surface area contributed by atoms with Gasteiger partial charge >= 0.3 is 0 Å². The predicted octanol–water partition coefficient (Wildman–Crippen LogP) is 7.36. The zero-order chi connectivity index (χ0) is 25.0. The monoisotopic (exact) mass is 509 g/mol. The van der Waals surface area contributed by atoms with E-state index in [0.29, 0.717) is 0 Å². The molecule has 1 aliphatic heterocycles. The number of anilines is 2. The number of nitrogens with one attached hydrogen (secondary N) is 1. The van der Waals surface area contributed by atoms with Gasteiger partial charge in [-0.2, -0.15) is 0 Å². The maximum atomic E-state index is 10.9. The summed E-state index contributed by atoms with van der Waals surface area (Å²) in [5.41, 5.74) is 5.45. The molecule has 186 valence electrons. The van der Waals surface area contributed by atoms with Crippen molar-refractivity contribution in [3.05, 3.63) is 88.4 Å². The van der Waals surface area contributed by atoms with E-state index >= 15 is 0 Å². The first-order chi connectivity index (χ1) is 17.0. The van der Waals surface area contributed by atoms with Gasteiger partial charge in [-0.3, -0.25) is 4.79 Å². The highest BCUT2D eigenvalue weighted by Gasteiger charge is 2.13. The van der Waals surface area contributed by atoms with Gasteiger partial charge in [0.15, 0.2) is 0 Å². The molecule has 3 aromatic carbocycles. The third-order valence-corrected chi connectivity index (χ3v) is 7.18. The number of benzene rings is 3. The number of nitrogens with zero attached hydrogens (tertiary/aromatic N) is 2. The van der Waals surface area contributed by atoms with Gasteiger partial charge in [0, 0.05) is 53.0 Å². The van der Waals surface area contributed by atoms with Crippen LogP contribution in [0.25, 0.3) is 0 Å². The van der Waals surface area contributed by atoms with Crippen LogP contribution in [0.1, 0.15) is 41.3 Å². The number of piperazine rings is 1. The molecule has 0 amide bonds. The van der Waals surface area contributed by atoms with Crippen molar-refractivity contribution in [2.24, 2.45) is 0 Å². The van der Waals surface area contributed by atoms with Crippen LogP contribution in [0.4, 0.5) is 11.4 Å². The molecule has 0 atom stereocenters. The van der Waals surface area contributed by atoms with Crippen molar-refractivity contribution in [1.82, 2.24) is 4.90 Å². The van der Waals surface area contributed by atoms with Crippen LogP contribution < -0.4 is 9.62 Å². The fourth-order valence-corrected chi connectivity index (χ4v) is 4.66. The van der Waals surface area contributed by atoms with Gasteiger partial charge in [-0.05, 0) is 92.4 Å². The standard InChI is InChI=1S/C18H21NOS.C11H15ClN2/c1-3-4-5-15-7-9-17(10-8-15)19-21-18-11-6-14(2)16(12-18)13-20;1-13-5-7-14(8-6-13)11-4-2-3-10(12)9-11/h6-13,19H,3-5H2,1-2H3;2-4,9H,5-8H2,1H3. The number of aldehydes is 1. The van der Waals surface area contributed by atoms with Crippen LogP contribution in [0.5, 0.6) is 0 Å². The fourth-order valence-electron chi connectivity index (χ4n) is 3.78. The van der Waals surface area contributed by atoms with Gasteiger partial charge in [0.1, 0.15) is 6.29 Å². The summed E-state index contributed by atoms with van der Waals surface area (Å²) in [6.07, 6.45) is 4.51. The zero-order valence-electron chi connectivity index (χ0n) is 21.0. The summed E-state index contributed by atoms with van der Waals surface area (Å²) in [5.74, 6) is 0. The highest BCUT2D eigenvalue weighted by molar-refractivity contribution is 8.00. The lowest BCUT2D eigenvalue weighted by Crippen LogP contribution is -2.44. The highest BCUT2D eigenvalue weighted by Crippen LogP contribution is 2.24. The van der Waals surface area contributed by atoms with Crippen LogP contribution in [0.15, 0.2) is 71.6 Å². The van der Waals surface area contributed by atoms with Crippen molar-refractivity contribution < 1.29 is 4.79 Å².